The monoisotopic (exact) mass is 282 g/mol. The molecule has 0 saturated carbocycles. The van der Waals surface area contributed by atoms with Gasteiger partial charge in [0.2, 0.25) is 0 Å². The molecule has 1 atom stereocenters. The zero-order valence-corrected chi connectivity index (χ0v) is 11.1. The second-order valence-corrected chi connectivity index (χ2v) is 6.00. The van der Waals surface area contributed by atoms with E-state index in [1.807, 2.05) is 6.92 Å². The van der Waals surface area contributed by atoms with Crippen LogP contribution < -0.4 is 10.6 Å². The van der Waals surface area contributed by atoms with Gasteiger partial charge in [-0.05, 0) is 25.1 Å². The molecule has 1 aliphatic rings. The summed E-state index contributed by atoms with van der Waals surface area (Å²) in [6, 6.07) is 2.82. The number of amides is 1. The Morgan fingerprint density at radius 2 is 2.21 bits per heavy atom. The van der Waals surface area contributed by atoms with E-state index in [1.165, 1.54) is 11.5 Å². The molecule has 0 bridgehead atoms. The number of sulfone groups is 1. The summed E-state index contributed by atoms with van der Waals surface area (Å²) in [5.41, 5.74) is 0.224. The Labute approximate surface area is 111 Å². The van der Waals surface area contributed by atoms with Crippen molar-refractivity contribution in [3.63, 3.8) is 0 Å². The first kappa shape index (κ1) is 13.5. The highest BCUT2D eigenvalue weighted by molar-refractivity contribution is 7.94. The predicted octanol–water partition coefficient (Wildman–Crippen LogP) is -0.0511. The third-order valence-electron chi connectivity index (χ3n) is 2.50. The molecule has 8 heteroatoms. The van der Waals surface area contributed by atoms with Gasteiger partial charge >= 0.3 is 0 Å². The summed E-state index contributed by atoms with van der Waals surface area (Å²) in [6.45, 7) is 2.33. The van der Waals surface area contributed by atoms with E-state index in [-0.39, 0.29) is 23.4 Å². The minimum atomic E-state index is -3.10. The maximum Gasteiger partial charge on any atom is 0.271 e. The molecule has 1 aromatic heterocycles. The maximum atomic E-state index is 11.5. The molecule has 1 aliphatic heterocycles. The lowest BCUT2D eigenvalue weighted by molar-refractivity contribution is 0.0950. The molecule has 2 rings (SSSR count). The Kier molecular flexibility index (Phi) is 3.79. The molecule has 2 N–H and O–H groups in total. The molecule has 0 saturated heterocycles. The van der Waals surface area contributed by atoms with E-state index < -0.39 is 9.84 Å². The van der Waals surface area contributed by atoms with Crippen LogP contribution in [0, 0.1) is 0 Å². The van der Waals surface area contributed by atoms with Crippen LogP contribution in [0.15, 0.2) is 23.6 Å². The van der Waals surface area contributed by atoms with E-state index in [2.05, 4.69) is 20.8 Å². The molecule has 2 heterocycles. The summed E-state index contributed by atoms with van der Waals surface area (Å²) in [7, 11) is -3.10. The third-order valence-corrected chi connectivity index (χ3v) is 3.89. The maximum absolute atomic E-state index is 11.5. The van der Waals surface area contributed by atoms with Crippen molar-refractivity contribution in [1.29, 1.82) is 0 Å². The molecular formula is C11H14N4O3S. The molecule has 0 aromatic carbocycles. The van der Waals surface area contributed by atoms with E-state index in [0.29, 0.717) is 12.4 Å². The summed E-state index contributed by atoms with van der Waals surface area (Å²) in [6.07, 6.45) is 1.56. The van der Waals surface area contributed by atoms with Crippen molar-refractivity contribution in [3.05, 3.63) is 29.3 Å². The second kappa shape index (κ2) is 5.35. The second-order valence-electron chi connectivity index (χ2n) is 4.07. The Morgan fingerprint density at radius 1 is 1.42 bits per heavy atom. The lowest BCUT2D eigenvalue weighted by Crippen LogP contribution is -2.25. The number of hydrogen-bond acceptors (Lipinski definition) is 6. The van der Waals surface area contributed by atoms with Crippen LogP contribution in [0.1, 0.15) is 17.4 Å². The molecule has 19 heavy (non-hydrogen) atoms. The van der Waals surface area contributed by atoms with Crippen molar-refractivity contribution in [2.24, 2.45) is 0 Å². The van der Waals surface area contributed by atoms with Gasteiger partial charge in [0.25, 0.3) is 5.91 Å². The Bertz CT molecular complexity index is 595. The van der Waals surface area contributed by atoms with Crippen LogP contribution in [0.2, 0.25) is 0 Å². The molecule has 1 unspecified atom stereocenters. The molecule has 7 nitrogen and oxygen atoms in total. The van der Waals surface area contributed by atoms with Gasteiger partial charge < -0.3 is 10.6 Å². The van der Waals surface area contributed by atoms with E-state index in [0.717, 1.165) is 0 Å². The van der Waals surface area contributed by atoms with Gasteiger partial charge in [-0.25, -0.2) is 8.42 Å². The topological polar surface area (TPSA) is 101 Å². The van der Waals surface area contributed by atoms with Crippen LogP contribution in [0.4, 0.5) is 5.82 Å². The lowest BCUT2D eigenvalue weighted by Gasteiger charge is -2.09. The van der Waals surface area contributed by atoms with Crippen LogP contribution in [-0.4, -0.2) is 42.9 Å². The quantitative estimate of drug-likeness (QED) is 0.803. The van der Waals surface area contributed by atoms with Gasteiger partial charge in [-0.15, -0.1) is 10.2 Å². The van der Waals surface area contributed by atoms with Crippen LogP contribution in [0.5, 0.6) is 0 Å². The van der Waals surface area contributed by atoms with Crippen LogP contribution >= 0.6 is 0 Å². The first-order valence-electron chi connectivity index (χ1n) is 5.79. The molecular weight excluding hydrogens is 268 g/mol. The summed E-state index contributed by atoms with van der Waals surface area (Å²) in [4.78, 5) is 11.5. The van der Waals surface area contributed by atoms with Gasteiger partial charge in [-0.3, -0.25) is 4.79 Å². The summed E-state index contributed by atoms with van der Waals surface area (Å²) >= 11 is 0. The van der Waals surface area contributed by atoms with E-state index >= 15 is 0 Å². The third kappa shape index (κ3) is 3.50. The van der Waals surface area contributed by atoms with Crippen LogP contribution in [0.25, 0.3) is 0 Å². The van der Waals surface area contributed by atoms with Gasteiger partial charge in [0, 0.05) is 12.0 Å². The fourth-order valence-corrected chi connectivity index (χ4v) is 2.87. The highest BCUT2D eigenvalue weighted by Gasteiger charge is 2.21. The first-order chi connectivity index (χ1) is 9.00. The number of aromatic nitrogens is 2. The van der Waals surface area contributed by atoms with Crippen molar-refractivity contribution >= 4 is 21.6 Å². The molecule has 1 amide bonds. The Balaban J connectivity index is 2.00. The van der Waals surface area contributed by atoms with Gasteiger partial charge in [-0.2, -0.15) is 0 Å². The van der Waals surface area contributed by atoms with Gasteiger partial charge in [0.15, 0.2) is 15.5 Å². The molecule has 1 aromatic rings. The first-order valence-corrected chi connectivity index (χ1v) is 7.51. The highest BCUT2D eigenvalue weighted by atomic mass is 32.2. The van der Waals surface area contributed by atoms with Gasteiger partial charge in [-0.1, -0.05) is 0 Å². The normalized spacial score (nSPS) is 20.2. The van der Waals surface area contributed by atoms with Crippen molar-refractivity contribution in [2.45, 2.75) is 13.0 Å². The largest absolute Gasteiger partial charge is 0.361 e. The number of anilines is 1. The minimum Gasteiger partial charge on any atom is -0.361 e. The molecule has 102 valence electrons. The van der Waals surface area contributed by atoms with Crippen molar-refractivity contribution in [2.75, 3.05) is 17.6 Å². The van der Waals surface area contributed by atoms with Crippen LogP contribution in [0.3, 0.4) is 0 Å². The lowest BCUT2D eigenvalue weighted by atomic mass is 10.3. The Hall–Kier alpha value is -1.96. The zero-order valence-electron chi connectivity index (χ0n) is 10.3. The molecule has 0 fully saturated rings. The van der Waals surface area contributed by atoms with Gasteiger partial charge in [0.1, 0.15) is 5.82 Å². The SMILES string of the molecule is CCNC(=O)c1ccc(NC2C=CS(=O)(=O)C2)nn1. The highest BCUT2D eigenvalue weighted by Crippen LogP contribution is 2.13. The zero-order chi connectivity index (χ0) is 13.9. The average Bonchev–Trinajstić information content (AvgIpc) is 2.70. The molecule has 0 spiro atoms. The van der Waals surface area contributed by atoms with Crippen molar-refractivity contribution in [3.8, 4) is 0 Å². The molecule has 0 radical (unpaired) electrons. The van der Waals surface area contributed by atoms with Crippen molar-refractivity contribution < 1.29 is 13.2 Å². The number of carbonyl (C=O) groups is 1. The number of carbonyl (C=O) groups excluding carboxylic acids is 1. The standard InChI is InChI=1S/C11H14N4O3S/c1-2-12-11(16)9-3-4-10(15-14-9)13-8-5-6-19(17,18)7-8/h3-6,8H,2,7H2,1H3,(H,12,16)(H,13,15). The van der Waals surface area contributed by atoms with Crippen molar-refractivity contribution in [1.82, 2.24) is 15.5 Å². The number of nitrogens with zero attached hydrogens (tertiary/aromatic N) is 2. The Morgan fingerprint density at radius 3 is 2.74 bits per heavy atom. The molecule has 0 aliphatic carbocycles. The van der Waals surface area contributed by atoms with Gasteiger partial charge in [0.05, 0.1) is 11.8 Å². The summed E-state index contributed by atoms with van der Waals surface area (Å²) < 4.78 is 22.5. The fourth-order valence-electron chi connectivity index (χ4n) is 1.64. The predicted molar refractivity (Wildman–Crippen MR) is 70.4 cm³/mol. The summed E-state index contributed by atoms with van der Waals surface area (Å²) in [5, 5.41) is 14.3. The average molecular weight is 282 g/mol. The van der Waals surface area contributed by atoms with E-state index in [4.69, 9.17) is 0 Å². The summed E-state index contributed by atoms with van der Waals surface area (Å²) in [5.74, 6) is 0.150. The minimum absolute atomic E-state index is 0.00670. The van der Waals surface area contributed by atoms with Crippen LogP contribution in [-0.2, 0) is 9.84 Å². The van der Waals surface area contributed by atoms with E-state index in [9.17, 15) is 13.2 Å². The van der Waals surface area contributed by atoms with E-state index in [1.54, 1.807) is 12.1 Å². The smallest absolute Gasteiger partial charge is 0.271 e. The fraction of sp³-hybridized carbons (Fsp3) is 0.364. The number of nitrogens with one attached hydrogen (secondary N) is 2. The number of hydrogen-bond donors (Lipinski definition) is 2. The number of rotatable bonds is 4.